The highest BCUT2D eigenvalue weighted by atomic mass is 32.1. The molecule has 0 bridgehead atoms. The third-order valence-electron chi connectivity index (χ3n) is 3.76. The molecule has 2 rings (SSSR count). The molecule has 1 unspecified atom stereocenters. The predicted octanol–water partition coefficient (Wildman–Crippen LogP) is 4.66. The quantitative estimate of drug-likeness (QED) is 0.803. The van der Waals surface area contributed by atoms with Crippen molar-refractivity contribution in [3.63, 3.8) is 0 Å². The lowest BCUT2D eigenvalue weighted by Gasteiger charge is -2.20. The summed E-state index contributed by atoms with van der Waals surface area (Å²) in [4.78, 5) is 1.30. The lowest BCUT2D eigenvalue weighted by atomic mass is 9.98. The lowest BCUT2D eigenvalue weighted by molar-refractivity contribution is 0.402. The van der Waals surface area contributed by atoms with E-state index < -0.39 is 0 Å². The van der Waals surface area contributed by atoms with Crippen LogP contribution >= 0.6 is 11.3 Å². The van der Waals surface area contributed by atoms with Gasteiger partial charge in [-0.05, 0) is 55.8 Å². The van der Waals surface area contributed by atoms with Crippen LogP contribution in [-0.4, -0.2) is 13.7 Å². The van der Waals surface area contributed by atoms with E-state index in [1.54, 1.807) is 18.4 Å². The van der Waals surface area contributed by atoms with E-state index in [0.717, 1.165) is 25.1 Å². The summed E-state index contributed by atoms with van der Waals surface area (Å²) in [5, 5.41) is 5.78. The van der Waals surface area contributed by atoms with Gasteiger partial charge in [0.1, 0.15) is 5.75 Å². The van der Waals surface area contributed by atoms with Crippen LogP contribution in [0.3, 0.4) is 0 Å². The number of benzene rings is 1. The third kappa shape index (κ3) is 4.08. The molecule has 1 atom stereocenters. The van der Waals surface area contributed by atoms with Crippen LogP contribution < -0.4 is 10.1 Å². The molecule has 0 amide bonds. The van der Waals surface area contributed by atoms with Crippen LogP contribution in [-0.2, 0) is 6.42 Å². The minimum Gasteiger partial charge on any atom is -0.496 e. The Hall–Kier alpha value is -1.32. The summed E-state index contributed by atoms with van der Waals surface area (Å²) < 4.78 is 5.51. The molecule has 0 aliphatic carbocycles. The molecular weight excluding hydrogens is 278 g/mol. The zero-order chi connectivity index (χ0) is 15.2. The van der Waals surface area contributed by atoms with Crippen LogP contribution in [0, 0.1) is 13.8 Å². The Balaban J connectivity index is 2.26. The molecule has 0 saturated carbocycles. The Morgan fingerprint density at radius 3 is 2.76 bits per heavy atom. The number of nitrogens with one attached hydrogen (secondary N) is 1. The van der Waals surface area contributed by atoms with E-state index in [0.29, 0.717) is 6.04 Å². The van der Waals surface area contributed by atoms with Crippen molar-refractivity contribution >= 4 is 11.3 Å². The summed E-state index contributed by atoms with van der Waals surface area (Å²) in [7, 11) is 1.75. The van der Waals surface area contributed by atoms with Gasteiger partial charge in [0.05, 0.1) is 12.0 Å². The normalized spacial score (nSPS) is 12.4. The van der Waals surface area contributed by atoms with Crippen molar-refractivity contribution in [3.8, 4) is 5.75 Å². The summed E-state index contributed by atoms with van der Waals surface area (Å²) in [6.07, 6.45) is 2.14. The Morgan fingerprint density at radius 1 is 1.24 bits per heavy atom. The zero-order valence-corrected chi connectivity index (χ0v) is 14.2. The highest BCUT2D eigenvalue weighted by molar-refractivity contribution is 7.10. The minimum absolute atomic E-state index is 0.320. The molecule has 0 aliphatic heterocycles. The highest BCUT2D eigenvalue weighted by Crippen LogP contribution is 2.33. The summed E-state index contributed by atoms with van der Waals surface area (Å²) in [6, 6.07) is 9.08. The Bertz CT molecular complexity index is 576. The molecule has 0 fully saturated rings. The molecule has 2 aromatic rings. The maximum atomic E-state index is 5.51. The van der Waals surface area contributed by atoms with E-state index in [9.17, 15) is 0 Å². The number of hydrogen-bond acceptors (Lipinski definition) is 3. The van der Waals surface area contributed by atoms with E-state index >= 15 is 0 Å². The summed E-state index contributed by atoms with van der Waals surface area (Å²) in [6.45, 7) is 7.57. The van der Waals surface area contributed by atoms with Crippen LogP contribution in [0.1, 0.15) is 41.0 Å². The molecule has 21 heavy (non-hydrogen) atoms. The average molecular weight is 303 g/mol. The first kappa shape index (κ1) is 16.1. The predicted molar refractivity (Wildman–Crippen MR) is 91.5 cm³/mol. The van der Waals surface area contributed by atoms with Gasteiger partial charge in [-0.25, -0.2) is 0 Å². The van der Waals surface area contributed by atoms with Crippen LogP contribution in [0.5, 0.6) is 5.75 Å². The standard InChI is InChI=1S/C18H25NOS/c1-5-9-19-16(18-17(20-4)8-10-21-18)12-15-11-13(2)6-7-14(15)3/h6-8,10-11,16,19H,5,9,12H2,1-4H3. The Morgan fingerprint density at radius 2 is 2.05 bits per heavy atom. The average Bonchev–Trinajstić information content (AvgIpc) is 2.95. The molecular formula is C18H25NOS. The third-order valence-corrected chi connectivity index (χ3v) is 4.77. The first-order valence-corrected chi connectivity index (χ1v) is 8.44. The summed E-state index contributed by atoms with van der Waals surface area (Å²) in [5.74, 6) is 0.999. The number of aryl methyl sites for hydroxylation is 2. The summed E-state index contributed by atoms with van der Waals surface area (Å²) in [5.41, 5.74) is 4.10. The number of thiophene rings is 1. The van der Waals surface area contributed by atoms with Gasteiger partial charge < -0.3 is 10.1 Å². The van der Waals surface area contributed by atoms with Gasteiger partial charge in [-0.15, -0.1) is 11.3 Å². The van der Waals surface area contributed by atoms with Crippen molar-refractivity contribution in [1.82, 2.24) is 5.32 Å². The van der Waals surface area contributed by atoms with E-state index in [4.69, 9.17) is 4.74 Å². The van der Waals surface area contributed by atoms with Gasteiger partial charge in [0.15, 0.2) is 0 Å². The highest BCUT2D eigenvalue weighted by Gasteiger charge is 2.18. The molecule has 3 heteroatoms. The molecule has 0 aliphatic rings. The summed E-state index contributed by atoms with van der Waals surface area (Å²) >= 11 is 1.77. The monoisotopic (exact) mass is 303 g/mol. The van der Waals surface area contributed by atoms with Gasteiger partial charge in [0.2, 0.25) is 0 Å². The second-order valence-electron chi connectivity index (χ2n) is 5.49. The van der Waals surface area contributed by atoms with Crippen LogP contribution in [0.25, 0.3) is 0 Å². The molecule has 2 nitrogen and oxygen atoms in total. The smallest absolute Gasteiger partial charge is 0.134 e. The van der Waals surface area contributed by atoms with Gasteiger partial charge in [-0.3, -0.25) is 0 Å². The number of rotatable bonds is 7. The maximum Gasteiger partial charge on any atom is 0.134 e. The number of methoxy groups -OCH3 is 1. The van der Waals surface area contributed by atoms with Crippen molar-refractivity contribution in [1.29, 1.82) is 0 Å². The van der Waals surface area contributed by atoms with E-state index in [-0.39, 0.29) is 0 Å². The van der Waals surface area contributed by atoms with Gasteiger partial charge in [-0.1, -0.05) is 30.7 Å². The minimum atomic E-state index is 0.320. The molecule has 114 valence electrons. The second-order valence-corrected chi connectivity index (χ2v) is 6.44. The fourth-order valence-electron chi connectivity index (χ4n) is 2.55. The van der Waals surface area contributed by atoms with Crippen LogP contribution in [0.4, 0.5) is 0 Å². The van der Waals surface area contributed by atoms with Gasteiger partial charge >= 0.3 is 0 Å². The maximum absolute atomic E-state index is 5.51. The molecule has 0 spiro atoms. The van der Waals surface area contributed by atoms with E-state index in [1.807, 2.05) is 0 Å². The molecule has 1 N–H and O–H groups in total. The molecule has 1 heterocycles. The van der Waals surface area contributed by atoms with Crippen molar-refractivity contribution in [2.75, 3.05) is 13.7 Å². The van der Waals surface area contributed by atoms with E-state index in [2.05, 4.69) is 55.7 Å². The van der Waals surface area contributed by atoms with Crippen LogP contribution in [0.15, 0.2) is 29.6 Å². The van der Waals surface area contributed by atoms with E-state index in [1.165, 1.54) is 21.6 Å². The fourth-order valence-corrected chi connectivity index (χ4v) is 3.48. The Labute approximate surface area is 132 Å². The molecule has 1 aromatic heterocycles. The second kappa shape index (κ2) is 7.62. The van der Waals surface area contributed by atoms with Crippen LogP contribution in [0.2, 0.25) is 0 Å². The SMILES string of the molecule is CCCNC(Cc1cc(C)ccc1C)c1sccc1OC. The van der Waals surface area contributed by atoms with Crippen molar-refractivity contribution in [2.24, 2.45) is 0 Å². The molecule has 0 radical (unpaired) electrons. The van der Waals surface area contributed by atoms with Crippen molar-refractivity contribution in [3.05, 3.63) is 51.2 Å². The topological polar surface area (TPSA) is 21.3 Å². The van der Waals surface area contributed by atoms with Gasteiger partial charge in [0, 0.05) is 6.04 Å². The zero-order valence-electron chi connectivity index (χ0n) is 13.4. The fraction of sp³-hybridized carbons (Fsp3) is 0.444. The number of ether oxygens (including phenoxy) is 1. The molecule has 1 aromatic carbocycles. The lowest BCUT2D eigenvalue weighted by Crippen LogP contribution is -2.24. The number of hydrogen-bond donors (Lipinski definition) is 1. The van der Waals surface area contributed by atoms with Crippen molar-refractivity contribution in [2.45, 2.75) is 39.7 Å². The molecule has 0 saturated heterocycles. The van der Waals surface area contributed by atoms with Crippen molar-refractivity contribution < 1.29 is 4.74 Å². The van der Waals surface area contributed by atoms with Gasteiger partial charge in [0.25, 0.3) is 0 Å². The van der Waals surface area contributed by atoms with Gasteiger partial charge in [-0.2, -0.15) is 0 Å². The first-order chi connectivity index (χ1) is 10.2. The Kier molecular flexibility index (Phi) is 5.83. The first-order valence-electron chi connectivity index (χ1n) is 7.56. The largest absolute Gasteiger partial charge is 0.496 e.